The summed E-state index contributed by atoms with van der Waals surface area (Å²) in [5.74, 6) is -3.46. The van der Waals surface area contributed by atoms with E-state index in [0.29, 0.717) is 18.1 Å². The molecule has 3 atom stereocenters. The van der Waals surface area contributed by atoms with Gasteiger partial charge in [-0.1, -0.05) is 5.16 Å². The summed E-state index contributed by atoms with van der Waals surface area (Å²) in [6.45, 7) is 3.10. The van der Waals surface area contributed by atoms with Gasteiger partial charge in [-0.2, -0.15) is 22.5 Å². The van der Waals surface area contributed by atoms with Crippen LogP contribution in [0.5, 0.6) is 0 Å². The number of amides is 2. The third-order valence-electron chi connectivity index (χ3n) is 6.63. The number of rotatable bonds is 15. The number of carboxylic acid groups (broad SMARTS) is 1. The number of aliphatic carboxylic acids is 1. The Morgan fingerprint density at radius 2 is 2.07 bits per heavy atom. The summed E-state index contributed by atoms with van der Waals surface area (Å²) in [5.41, 5.74) is 9.64. The maximum atomic E-state index is 13.0. The Morgan fingerprint density at radius 3 is 2.67 bits per heavy atom. The van der Waals surface area contributed by atoms with E-state index in [-0.39, 0.29) is 20.1 Å². The highest BCUT2D eigenvalue weighted by atomic mass is 32.2. The van der Waals surface area contributed by atoms with Crippen molar-refractivity contribution >= 4 is 61.8 Å². The molecule has 4 heterocycles. The van der Waals surface area contributed by atoms with E-state index in [1.54, 1.807) is 0 Å². The summed E-state index contributed by atoms with van der Waals surface area (Å²) in [6, 6.07) is -2.90. The number of hydrogen-bond acceptors (Lipinski definition) is 16. The van der Waals surface area contributed by atoms with E-state index in [1.807, 2.05) is 28.8 Å². The van der Waals surface area contributed by atoms with Gasteiger partial charge < -0.3 is 31.8 Å². The minimum Gasteiger partial charge on any atom is -0.478 e. The van der Waals surface area contributed by atoms with Crippen LogP contribution in [-0.4, -0.2) is 107 Å². The summed E-state index contributed by atoms with van der Waals surface area (Å²) >= 11 is 1.80. The number of β-lactam (4-membered cyclic amide) rings is 1. The van der Waals surface area contributed by atoms with Gasteiger partial charge in [0.15, 0.2) is 29.9 Å². The largest absolute Gasteiger partial charge is 0.478 e. The number of aliphatic hydroxyl groups is 1. The molecule has 1 unspecified atom stereocenters. The molecule has 0 radical (unpaired) electrons. The zero-order valence-corrected chi connectivity index (χ0v) is 27.0. The molecule has 2 amide bonds. The Morgan fingerprint density at radius 1 is 1.35 bits per heavy atom. The van der Waals surface area contributed by atoms with Gasteiger partial charge in [-0.3, -0.25) is 19.5 Å². The van der Waals surface area contributed by atoms with Crippen LogP contribution in [0.2, 0.25) is 0 Å². The molecule has 0 saturated carbocycles. The van der Waals surface area contributed by atoms with Gasteiger partial charge in [-0.15, -0.1) is 16.0 Å². The molecule has 0 bridgehead atoms. The molecule has 46 heavy (non-hydrogen) atoms. The van der Waals surface area contributed by atoms with Crippen LogP contribution in [0.15, 0.2) is 23.7 Å². The first-order chi connectivity index (χ1) is 21.5. The molecule has 1 fully saturated rings. The smallest absolute Gasteiger partial charge is 0.362 e. The van der Waals surface area contributed by atoms with Crippen molar-refractivity contribution < 1.29 is 47.1 Å². The number of nitrogens with two attached hydrogens (primary N) is 2. The van der Waals surface area contributed by atoms with Gasteiger partial charge in [0.05, 0.1) is 30.5 Å². The Bertz CT molecular complexity index is 1750. The molecule has 20 nitrogen and oxygen atoms in total. The Balaban J connectivity index is 1.50. The maximum absolute atomic E-state index is 13.0. The number of aromatic nitrogens is 5. The van der Waals surface area contributed by atoms with Crippen molar-refractivity contribution in [3.05, 3.63) is 29.3 Å². The van der Waals surface area contributed by atoms with Crippen molar-refractivity contribution in [1.82, 2.24) is 34.0 Å². The van der Waals surface area contributed by atoms with Crippen LogP contribution in [-0.2, 0) is 38.3 Å². The molecule has 0 aromatic carbocycles. The number of hydrogen-bond donors (Lipinski definition) is 7. The lowest BCUT2D eigenvalue weighted by atomic mass is 9.98. The van der Waals surface area contributed by atoms with Gasteiger partial charge in [0.25, 0.3) is 11.8 Å². The van der Waals surface area contributed by atoms with Crippen LogP contribution < -0.4 is 26.8 Å². The number of carbonyl (C=O) groups is 3. The SMILES string of the molecule is C[n+]1cc(-c2ncc(C(=O)NC[C@@H]3[C@H](NC(O)/C(=N\OC(C)(C)C(=O)O)c4nsc(N)n4)C(=O)N3S(=O)(=O)O)s2)cn1CCCN. The number of aliphatic hydroxyl groups excluding tert-OH is 1. The van der Waals surface area contributed by atoms with Crippen molar-refractivity contribution in [1.29, 1.82) is 0 Å². The molecule has 4 rings (SSSR count). The highest BCUT2D eigenvalue weighted by Crippen LogP contribution is 2.26. The van der Waals surface area contributed by atoms with E-state index in [4.69, 9.17) is 16.3 Å². The first kappa shape index (κ1) is 34.7. The lowest BCUT2D eigenvalue weighted by Gasteiger charge is -2.45. The first-order valence-electron chi connectivity index (χ1n) is 13.4. The number of aryl methyl sites for hydroxylation is 2. The fraction of sp³-hybridized carbons (Fsp3) is 0.478. The van der Waals surface area contributed by atoms with E-state index in [0.717, 1.165) is 34.9 Å². The summed E-state index contributed by atoms with van der Waals surface area (Å²) in [4.78, 5) is 50.6. The molecule has 3 aromatic heterocycles. The minimum absolute atomic E-state index is 0.0328. The van der Waals surface area contributed by atoms with Crippen LogP contribution in [0.4, 0.5) is 5.13 Å². The Labute approximate surface area is 269 Å². The lowest BCUT2D eigenvalue weighted by molar-refractivity contribution is -0.753. The molecular weight excluding hydrogens is 671 g/mol. The van der Waals surface area contributed by atoms with E-state index in [9.17, 15) is 37.6 Å². The zero-order chi connectivity index (χ0) is 34.0. The van der Waals surface area contributed by atoms with Gasteiger partial charge >= 0.3 is 16.3 Å². The molecule has 250 valence electrons. The number of oxime groups is 1. The van der Waals surface area contributed by atoms with Crippen molar-refractivity contribution in [2.45, 2.75) is 50.7 Å². The molecule has 1 aliphatic rings. The minimum atomic E-state index is -5.07. The third-order valence-corrected chi connectivity index (χ3v) is 9.17. The Kier molecular flexibility index (Phi) is 10.3. The van der Waals surface area contributed by atoms with Crippen LogP contribution in [0.25, 0.3) is 10.6 Å². The topological polar surface area (TPSA) is 294 Å². The number of anilines is 1. The number of nitrogens with zero attached hydrogens (tertiary/aromatic N) is 7. The predicted molar refractivity (Wildman–Crippen MR) is 161 cm³/mol. The molecule has 1 aliphatic heterocycles. The number of nitrogens with one attached hydrogen (secondary N) is 2. The molecule has 1 saturated heterocycles. The van der Waals surface area contributed by atoms with Gasteiger partial charge in [0.1, 0.15) is 15.9 Å². The van der Waals surface area contributed by atoms with Crippen LogP contribution in [0.3, 0.4) is 0 Å². The van der Waals surface area contributed by atoms with Gasteiger partial charge in [0, 0.05) is 18.1 Å². The van der Waals surface area contributed by atoms with E-state index >= 15 is 0 Å². The fourth-order valence-electron chi connectivity index (χ4n) is 4.13. The highest BCUT2D eigenvalue weighted by molar-refractivity contribution is 7.84. The molecule has 0 aliphatic carbocycles. The maximum Gasteiger partial charge on any atom is 0.362 e. The van der Waals surface area contributed by atoms with Crippen LogP contribution in [0.1, 0.15) is 35.8 Å². The monoisotopic (exact) mass is 702 g/mol. The normalized spacial score (nSPS) is 17.9. The molecular formula is C23H32N11O9S3+. The third kappa shape index (κ3) is 7.63. The standard InChI is InChI=1S/C23H31N11O9S3/c1-23(2,21(38)39)43-30-15(16-29-22(25)45-31-16)18(36)28-14-12(34(20(14)37)46(40,41)42)7-26-17(35)13-8-27-19(44-13)11-9-32(3)33(10-11)6-4-5-24/h8-10,12,14,18,28,36H,4-7,24H2,1-3H3,(H4-,25,26,29,31,35,38,39,40,41,42)/p+1/b30-15-/t12-,14+,18?/m1/s1. The van der Waals surface area contributed by atoms with Crippen LogP contribution >= 0.6 is 22.9 Å². The van der Waals surface area contributed by atoms with Gasteiger partial charge in [-0.05, 0) is 26.8 Å². The number of thiazole rings is 1. The summed E-state index contributed by atoms with van der Waals surface area (Å²) in [7, 11) is -3.21. The fourth-order valence-corrected chi connectivity index (χ4v) is 6.26. The van der Waals surface area contributed by atoms with Crippen LogP contribution in [0, 0.1) is 0 Å². The summed E-state index contributed by atoms with van der Waals surface area (Å²) < 4.78 is 41.5. The lowest BCUT2D eigenvalue weighted by Crippen LogP contribution is -2.75. The Hall–Kier alpha value is -4.13. The molecule has 3 aromatic rings. The van der Waals surface area contributed by atoms with Crippen molar-refractivity contribution in [2.24, 2.45) is 17.9 Å². The second-order valence-corrected chi connectivity index (χ2v) is 13.5. The van der Waals surface area contributed by atoms with E-state index < -0.39 is 64.3 Å². The quantitative estimate of drug-likeness (QED) is 0.0215. The zero-order valence-electron chi connectivity index (χ0n) is 24.6. The highest BCUT2D eigenvalue weighted by Gasteiger charge is 2.54. The number of nitrogen functional groups attached to an aromatic ring is 1. The van der Waals surface area contributed by atoms with Crippen molar-refractivity contribution in [3.8, 4) is 10.6 Å². The summed E-state index contributed by atoms with van der Waals surface area (Å²) in [5, 5.41) is 29.4. The average Bonchev–Trinajstić information content (AvgIpc) is 3.72. The first-order valence-corrected chi connectivity index (χ1v) is 16.4. The average molecular weight is 703 g/mol. The number of carbonyl (C=O) groups excluding carboxylic acids is 2. The molecule has 23 heteroatoms. The van der Waals surface area contributed by atoms with Gasteiger partial charge in [0.2, 0.25) is 11.8 Å². The molecule has 9 N–H and O–H groups in total. The van der Waals surface area contributed by atoms with Crippen molar-refractivity contribution in [2.75, 3.05) is 18.8 Å². The second-order valence-electron chi connectivity index (χ2n) is 10.4. The summed E-state index contributed by atoms with van der Waals surface area (Å²) in [6.07, 6.45) is 3.88. The molecule has 0 spiro atoms. The number of carboxylic acids is 1. The van der Waals surface area contributed by atoms with E-state index in [2.05, 4.69) is 30.1 Å². The van der Waals surface area contributed by atoms with E-state index in [1.165, 1.54) is 20.0 Å². The predicted octanol–water partition coefficient (Wildman–Crippen LogP) is -2.48. The van der Waals surface area contributed by atoms with Crippen molar-refractivity contribution in [3.63, 3.8) is 0 Å². The second kappa shape index (κ2) is 13.7. The van der Waals surface area contributed by atoms with Gasteiger partial charge in [-0.25, -0.2) is 14.1 Å².